The van der Waals surface area contributed by atoms with Gasteiger partial charge in [-0.05, 0) is 19.8 Å². The minimum Gasteiger partial charge on any atom is -0.122 e. The van der Waals surface area contributed by atoms with Crippen LogP contribution in [0.2, 0.25) is 0 Å². The summed E-state index contributed by atoms with van der Waals surface area (Å²) >= 11 is 24.4. The van der Waals surface area contributed by atoms with Crippen LogP contribution in [0, 0.1) is 5.41 Å². The molecule has 1 saturated carbocycles. The highest BCUT2D eigenvalue weighted by atomic mass is 35.5. The van der Waals surface area contributed by atoms with Crippen molar-refractivity contribution >= 4 is 46.4 Å². The summed E-state index contributed by atoms with van der Waals surface area (Å²) in [6.45, 7) is 4.02. The molecule has 0 unspecified atom stereocenters. The lowest BCUT2D eigenvalue weighted by Gasteiger charge is -2.45. The Kier molecular flexibility index (Phi) is 4.09. The molecule has 0 bridgehead atoms. The predicted octanol–water partition coefficient (Wildman–Crippen LogP) is 4.75. The van der Waals surface area contributed by atoms with Crippen molar-refractivity contribution in [3.05, 3.63) is 11.6 Å². The average molecular weight is 276 g/mol. The van der Waals surface area contributed by atoms with Gasteiger partial charge in [0.2, 0.25) is 0 Å². The number of allylic oxidation sites excluding steroid dienone is 1. The lowest BCUT2D eigenvalue weighted by Crippen LogP contribution is -2.47. The van der Waals surface area contributed by atoms with Crippen LogP contribution in [-0.4, -0.2) is 15.6 Å². The number of hydrogen-bond donors (Lipinski definition) is 0. The van der Waals surface area contributed by atoms with Gasteiger partial charge in [-0.25, -0.2) is 0 Å². The topological polar surface area (TPSA) is 0 Å². The second-order valence-electron chi connectivity index (χ2n) is 4.42. The lowest BCUT2D eigenvalue weighted by molar-refractivity contribution is 0.253. The summed E-state index contributed by atoms with van der Waals surface area (Å²) in [5.41, 5.74) is 1.35. The molecule has 0 heterocycles. The first kappa shape index (κ1) is 13.0. The Morgan fingerprint density at radius 2 is 1.79 bits per heavy atom. The van der Waals surface area contributed by atoms with Crippen LogP contribution in [0.3, 0.4) is 0 Å². The molecule has 14 heavy (non-hydrogen) atoms. The zero-order valence-corrected chi connectivity index (χ0v) is 11.3. The van der Waals surface area contributed by atoms with Gasteiger partial charge in [0.15, 0.2) is 0 Å². The number of rotatable bonds is 1. The van der Waals surface area contributed by atoms with Crippen molar-refractivity contribution in [1.82, 2.24) is 0 Å². The van der Waals surface area contributed by atoms with E-state index in [-0.39, 0.29) is 16.2 Å². The first-order valence-corrected chi connectivity index (χ1v) is 6.25. The molecule has 4 atom stereocenters. The van der Waals surface area contributed by atoms with Gasteiger partial charge in [-0.15, -0.1) is 34.8 Å². The predicted molar refractivity (Wildman–Crippen MR) is 65.9 cm³/mol. The third-order valence-electron chi connectivity index (χ3n) is 2.95. The van der Waals surface area contributed by atoms with Gasteiger partial charge in [0.25, 0.3) is 0 Å². The molecule has 1 rings (SSSR count). The summed E-state index contributed by atoms with van der Waals surface area (Å²) in [5, 5.41) is -0.0877. The molecular formula is C10H14Cl4. The maximum absolute atomic E-state index is 6.34. The molecule has 1 aliphatic rings. The molecule has 0 nitrogen and oxygen atoms in total. The Bertz CT molecular complexity index is 236. The van der Waals surface area contributed by atoms with Crippen LogP contribution in [0.15, 0.2) is 11.6 Å². The maximum atomic E-state index is 6.34. The van der Waals surface area contributed by atoms with Gasteiger partial charge in [0.1, 0.15) is 0 Å². The smallest absolute Gasteiger partial charge is 0.0591 e. The van der Waals surface area contributed by atoms with E-state index in [9.17, 15) is 0 Å². The molecule has 0 aliphatic heterocycles. The molecular weight excluding hydrogens is 262 g/mol. The molecule has 4 heteroatoms. The molecule has 0 spiro atoms. The van der Waals surface area contributed by atoms with E-state index in [1.54, 1.807) is 0 Å². The molecule has 0 N–H and O–H groups in total. The summed E-state index contributed by atoms with van der Waals surface area (Å²) in [7, 11) is 0. The average Bonchev–Trinajstić information content (AvgIpc) is 2.01. The van der Waals surface area contributed by atoms with Gasteiger partial charge in [-0.1, -0.05) is 24.6 Å². The van der Waals surface area contributed by atoms with Gasteiger partial charge in [0, 0.05) is 16.3 Å². The molecule has 0 radical (unpaired) electrons. The monoisotopic (exact) mass is 274 g/mol. The summed E-state index contributed by atoms with van der Waals surface area (Å²) in [6.07, 6.45) is 3.36. The van der Waals surface area contributed by atoms with Gasteiger partial charge in [-0.3, -0.25) is 0 Å². The van der Waals surface area contributed by atoms with E-state index in [1.807, 2.05) is 13.0 Å². The molecule has 0 saturated heterocycles. The highest BCUT2D eigenvalue weighted by Gasteiger charge is 2.47. The van der Waals surface area contributed by atoms with Crippen molar-refractivity contribution < 1.29 is 0 Å². The Morgan fingerprint density at radius 1 is 1.21 bits per heavy atom. The van der Waals surface area contributed by atoms with Crippen molar-refractivity contribution in [1.29, 1.82) is 0 Å². The molecule has 1 fully saturated rings. The highest BCUT2D eigenvalue weighted by molar-refractivity contribution is 6.33. The molecule has 0 aromatic rings. The van der Waals surface area contributed by atoms with Crippen LogP contribution in [0.1, 0.15) is 26.7 Å². The second kappa shape index (κ2) is 4.41. The van der Waals surface area contributed by atoms with Gasteiger partial charge >= 0.3 is 0 Å². The molecule has 0 aromatic heterocycles. The van der Waals surface area contributed by atoms with E-state index in [0.717, 1.165) is 6.42 Å². The van der Waals surface area contributed by atoms with E-state index in [2.05, 4.69) is 6.92 Å². The maximum Gasteiger partial charge on any atom is 0.0591 e. The van der Waals surface area contributed by atoms with Crippen LogP contribution in [0.4, 0.5) is 0 Å². The van der Waals surface area contributed by atoms with E-state index < -0.39 is 4.87 Å². The molecule has 1 aliphatic carbocycles. The van der Waals surface area contributed by atoms with Crippen molar-refractivity contribution in [2.24, 2.45) is 5.41 Å². The summed E-state index contributed by atoms with van der Waals surface area (Å²) < 4.78 is 0. The van der Waals surface area contributed by atoms with Crippen LogP contribution >= 0.6 is 46.4 Å². The number of halogens is 4. The Morgan fingerprint density at radius 3 is 2.29 bits per heavy atom. The number of hydrogen-bond acceptors (Lipinski definition) is 0. The first-order chi connectivity index (χ1) is 6.32. The Balaban J connectivity index is 2.89. The molecule has 0 amide bonds. The van der Waals surface area contributed by atoms with Crippen molar-refractivity contribution in [2.45, 2.75) is 42.3 Å². The third kappa shape index (κ3) is 2.52. The van der Waals surface area contributed by atoms with E-state index >= 15 is 0 Å². The van der Waals surface area contributed by atoms with Crippen LogP contribution in [-0.2, 0) is 0 Å². The largest absolute Gasteiger partial charge is 0.122 e. The fraction of sp³-hybridized carbons (Fsp3) is 0.800. The van der Waals surface area contributed by atoms with Crippen molar-refractivity contribution in [3.63, 3.8) is 0 Å². The van der Waals surface area contributed by atoms with Crippen LogP contribution in [0.25, 0.3) is 0 Å². The minimum absolute atomic E-state index is 0.00757. The van der Waals surface area contributed by atoms with Crippen LogP contribution < -0.4 is 0 Å². The fourth-order valence-corrected chi connectivity index (χ4v) is 3.31. The van der Waals surface area contributed by atoms with Gasteiger partial charge in [-0.2, -0.15) is 0 Å². The van der Waals surface area contributed by atoms with Gasteiger partial charge in [0.05, 0.1) is 10.3 Å². The SMILES string of the molecule is C[C@@]1(Cl)C[C@@](C)(/C=C/Cl)[C@H](Cl)C[C@@H]1Cl. The van der Waals surface area contributed by atoms with E-state index in [1.165, 1.54) is 5.54 Å². The standard InChI is InChI=1S/C10H14Cl4/c1-9(3-4-11)6-10(2,14)8(13)5-7(9)12/h3-4,7-8H,5-6H2,1-2H3/b4-3+/t7-,8+,9-,10-/m1/s1. The van der Waals surface area contributed by atoms with Gasteiger partial charge < -0.3 is 0 Å². The number of alkyl halides is 3. The van der Waals surface area contributed by atoms with E-state index in [4.69, 9.17) is 46.4 Å². The Hall–Kier alpha value is 0.900. The van der Waals surface area contributed by atoms with Crippen LogP contribution in [0.5, 0.6) is 0 Å². The third-order valence-corrected chi connectivity index (χ3v) is 4.92. The Labute approximate surface area is 106 Å². The lowest BCUT2D eigenvalue weighted by atomic mass is 9.70. The summed E-state index contributed by atoms with van der Waals surface area (Å²) in [5.74, 6) is 0. The zero-order valence-electron chi connectivity index (χ0n) is 8.24. The van der Waals surface area contributed by atoms with E-state index in [0.29, 0.717) is 6.42 Å². The highest BCUT2D eigenvalue weighted by Crippen LogP contribution is 2.49. The molecule has 82 valence electrons. The first-order valence-electron chi connectivity index (χ1n) is 4.57. The second-order valence-corrected chi connectivity index (χ2v) is 6.59. The van der Waals surface area contributed by atoms with Crippen molar-refractivity contribution in [2.75, 3.05) is 0 Å². The summed E-state index contributed by atoms with van der Waals surface area (Å²) in [6, 6.07) is 0. The summed E-state index contributed by atoms with van der Waals surface area (Å²) in [4.78, 5) is -0.405. The quantitative estimate of drug-likeness (QED) is 0.606. The molecule has 0 aromatic carbocycles. The normalized spacial score (nSPS) is 49.9. The minimum atomic E-state index is -0.405. The fourth-order valence-electron chi connectivity index (χ4n) is 1.97. The zero-order chi connectivity index (χ0) is 11.0. The van der Waals surface area contributed by atoms with Crippen molar-refractivity contribution in [3.8, 4) is 0 Å².